The van der Waals surface area contributed by atoms with Gasteiger partial charge in [0, 0.05) is 23.2 Å². The van der Waals surface area contributed by atoms with Gasteiger partial charge in [-0.3, -0.25) is 0 Å². The van der Waals surface area contributed by atoms with E-state index in [2.05, 4.69) is 53.7 Å². The van der Waals surface area contributed by atoms with Crippen LogP contribution in [0.2, 0.25) is 0 Å². The summed E-state index contributed by atoms with van der Waals surface area (Å²) in [6.45, 7) is 10.2. The van der Waals surface area contributed by atoms with Gasteiger partial charge in [-0.1, -0.05) is 0 Å². The molecule has 1 aliphatic rings. The van der Waals surface area contributed by atoms with Crippen LogP contribution in [-0.2, 0) is 10.0 Å². The zero-order chi connectivity index (χ0) is 18.3. The Balaban J connectivity index is 2.32. The zero-order valence-corrected chi connectivity index (χ0v) is 17.6. The molecule has 0 unspecified atom stereocenters. The van der Waals surface area contributed by atoms with Crippen LogP contribution >= 0.6 is 15.9 Å². The predicted octanol–water partition coefficient (Wildman–Crippen LogP) is 3.35. The van der Waals surface area contributed by atoms with Crippen molar-refractivity contribution in [3.8, 4) is 5.75 Å². The normalized spacial score (nSPS) is 20.8. The number of nitrogens with one attached hydrogen (secondary N) is 2. The smallest absolute Gasteiger partial charge is 0.241 e. The van der Waals surface area contributed by atoms with E-state index in [4.69, 9.17) is 4.74 Å². The number of halogens is 1. The average Bonchev–Trinajstić information content (AvgIpc) is 2.33. The molecule has 1 aliphatic heterocycles. The van der Waals surface area contributed by atoms with Gasteiger partial charge in [-0.05, 0) is 75.0 Å². The number of ether oxygens (including phenoxy) is 1. The standard InChI is InChI=1S/C17H27BrN2O3S/c1-11-7-13(18)14(23-6)8-15(11)24(21,22)19-12-9-16(2,3)20-17(4,5)10-12/h7-8,12,19-20H,9-10H2,1-6H3. The van der Waals surface area contributed by atoms with Crippen molar-refractivity contribution in [3.05, 3.63) is 22.2 Å². The highest BCUT2D eigenvalue weighted by atomic mass is 79.9. The lowest BCUT2D eigenvalue weighted by molar-refractivity contribution is 0.157. The number of rotatable bonds is 4. The molecule has 1 fully saturated rings. The van der Waals surface area contributed by atoms with Crippen molar-refractivity contribution >= 4 is 26.0 Å². The molecule has 2 rings (SSSR count). The molecule has 24 heavy (non-hydrogen) atoms. The molecule has 0 saturated carbocycles. The van der Waals surface area contributed by atoms with E-state index < -0.39 is 10.0 Å². The van der Waals surface area contributed by atoms with Crippen LogP contribution in [0.4, 0.5) is 0 Å². The van der Waals surface area contributed by atoms with E-state index in [1.54, 1.807) is 19.1 Å². The van der Waals surface area contributed by atoms with Crippen molar-refractivity contribution in [2.45, 2.75) is 69.5 Å². The van der Waals surface area contributed by atoms with Crippen LogP contribution in [0, 0.1) is 6.92 Å². The molecule has 1 saturated heterocycles. The van der Waals surface area contributed by atoms with Gasteiger partial charge in [-0.15, -0.1) is 0 Å². The van der Waals surface area contributed by atoms with Gasteiger partial charge in [0.15, 0.2) is 0 Å². The summed E-state index contributed by atoms with van der Waals surface area (Å²) in [5.74, 6) is 0.506. The number of benzene rings is 1. The van der Waals surface area contributed by atoms with Crippen molar-refractivity contribution < 1.29 is 13.2 Å². The lowest BCUT2D eigenvalue weighted by Gasteiger charge is -2.46. The first kappa shape index (κ1) is 19.7. The summed E-state index contributed by atoms with van der Waals surface area (Å²) < 4.78 is 34.7. The molecule has 0 aliphatic carbocycles. The van der Waals surface area contributed by atoms with Crippen LogP contribution in [-0.4, -0.2) is 32.6 Å². The Morgan fingerprint density at radius 1 is 1.21 bits per heavy atom. The number of hydrogen-bond acceptors (Lipinski definition) is 4. The second-order valence-corrected chi connectivity index (χ2v) is 10.4. The van der Waals surface area contributed by atoms with Crippen LogP contribution in [0.25, 0.3) is 0 Å². The fraction of sp³-hybridized carbons (Fsp3) is 0.647. The number of methoxy groups -OCH3 is 1. The Morgan fingerprint density at radius 2 is 1.75 bits per heavy atom. The summed E-state index contributed by atoms with van der Waals surface area (Å²) in [5.41, 5.74) is 0.436. The third-order valence-corrected chi connectivity index (χ3v) is 6.53. The summed E-state index contributed by atoms with van der Waals surface area (Å²) in [4.78, 5) is 0.261. The molecule has 2 N–H and O–H groups in total. The molecule has 1 aromatic carbocycles. The van der Waals surface area contributed by atoms with Gasteiger partial charge in [-0.25, -0.2) is 13.1 Å². The summed E-state index contributed by atoms with van der Waals surface area (Å²) in [6.07, 6.45) is 1.48. The van der Waals surface area contributed by atoms with E-state index in [1.807, 2.05) is 0 Å². The Bertz CT molecular complexity index is 714. The summed E-state index contributed by atoms with van der Waals surface area (Å²) in [7, 11) is -2.09. The topological polar surface area (TPSA) is 67.4 Å². The third kappa shape index (κ3) is 4.50. The fourth-order valence-corrected chi connectivity index (χ4v) is 5.87. The van der Waals surface area contributed by atoms with Crippen molar-refractivity contribution in [2.75, 3.05) is 7.11 Å². The number of hydrogen-bond donors (Lipinski definition) is 2. The van der Waals surface area contributed by atoms with Crippen LogP contribution in [0.3, 0.4) is 0 Å². The molecule has 1 aromatic rings. The Hall–Kier alpha value is -0.630. The van der Waals surface area contributed by atoms with E-state index in [0.717, 1.165) is 17.3 Å². The Kier molecular flexibility index (Phi) is 5.41. The first-order chi connectivity index (χ1) is 10.9. The maximum atomic E-state index is 12.9. The predicted molar refractivity (Wildman–Crippen MR) is 100 cm³/mol. The van der Waals surface area contributed by atoms with Crippen molar-refractivity contribution in [3.63, 3.8) is 0 Å². The van der Waals surface area contributed by atoms with E-state index in [1.165, 1.54) is 7.11 Å². The van der Waals surface area contributed by atoms with Crippen molar-refractivity contribution in [1.82, 2.24) is 10.0 Å². The van der Waals surface area contributed by atoms with Gasteiger partial charge in [0.1, 0.15) is 5.75 Å². The summed E-state index contributed by atoms with van der Waals surface area (Å²) in [5, 5.41) is 3.56. The molecular formula is C17H27BrN2O3S. The fourth-order valence-electron chi connectivity index (χ4n) is 3.77. The monoisotopic (exact) mass is 418 g/mol. The molecule has 136 valence electrons. The quantitative estimate of drug-likeness (QED) is 0.786. The molecule has 0 atom stereocenters. The third-order valence-electron chi connectivity index (χ3n) is 4.25. The minimum atomic E-state index is -3.62. The van der Waals surface area contributed by atoms with Gasteiger partial charge in [0.05, 0.1) is 16.5 Å². The van der Waals surface area contributed by atoms with Gasteiger partial charge in [0.2, 0.25) is 10.0 Å². The lowest BCUT2D eigenvalue weighted by atomic mass is 9.80. The van der Waals surface area contributed by atoms with Crippen molar-refractivity contribution in [1.29, 1.82) is 0 Å². The average molecular weight is 419 g/mol. The largest absolute Gasteiger partial charge is 0.496 e. The van der Waals surface area contributed by atoms with Crippen LogP contribution in [0.15, 0.2) is 21.5 Å². The SMILES string of the molecule is COc1cc(S(=O)(=O)NC2CC(C)(C)NC(C)(C)C2)c(C)cc1Br. The first-order valence-electron chi connectivity index (χ1n) is 8.01. The molecule has 7 heteroatoms. The summed E-state index contributed by atoms with van der Waals surface area (Å²) in [6, 6.07) is 3.22. The molecule has 5 nitrogen and oxygen atoms in total. The highest BCUT2D eigenvalue weighted by Gasteiger charge is 2.39. The molecule has 0 bridgehead atoms. The van der Waals surface area contributed by atoms with E-state index in [-0.39, 0.29) is 22.0 Å². The maximum absolute atomic E-state index is 12.9. The van der Waals surface area contributed by atoms with Crippen molar-refractivity contribution in [2.24, 2.45) is 0 Å². The second-order valence-electron chi connectivity index (χ2n) is 7.87. The highest BCUT2D eigenvalue weighted by Crippen LogP contribution is 2.32. The van der Waals surface area contributed by atoms with Gasteiger partial charge >= 0.3 is 0 Å². The highest BCUT2D eigenvalue weighted by molar-refractivity contribution is 9.10. The molecular weight excluding hydrogens is 392 g/mol. The van der Waals surface area contributed by atoms with E-state index in [0.29, 0.717) is 11.3 Å². The molecule has 0 spiro atoms. The molecule has 0 aromatic heterocycles. The van der Waals surface area contributed by atoms with Gasteiger partial charge < -0.3 is 10.1 Å². The summed E-state index contributed by atoms with van der Waals surface area (Å²) >= 11 is 3.39. The lowest BCUT2D eigenvalue weighted by Crippen LogP contribution is -2.62. The minimum absolute atomic E-state index is 0.115. The van der Waals surface area contributed by atoms with Crippen LogP contribution < -0.4 is 14.8 Å². The number of sulfonamides is 1. The molecule has 1 heterocycles. The molecule has 0 radical (unpaired) electrons. The van der Waals surface area contributed by atoms with E-state index >= 15 is 0 Å². The molecule has 0 amide bonds. The van der Waals surface area contributed by atoms with Crippen LogP contribution in [0.1, 0.15) is 46.1 Å². The van der Waals surface area contributed by atoms with Crippen LogP contribution in [0.5, 0.6) is 5.75 Å². The second kappa shape index (κ2) is 6.59. The Morgan fingerprint density at radius 3 is 2.25 bits per heavy atom. The van der Waals surface area contributed by atoms with E-state index in [9.17, 15) is 8.42 Å². The Labute approximate surface area is 153 Å². The van der Waals surface area contributed by atoms with Gasteiger partial charge in [-0.2, -0.15) is 0 Å². The maximum Gasteiger partial charge on any atom is 0.241 e. The first-order valence-corrected chi connectivity index (χ1v) is 10.3. The van der Waals surface area contributed by atoms with Gasteiger partial charge in [0.25, 0.3) is 0 Å². The zero-order valence-electron chi connectivity index (χ0n) is 15.2. The number of piperidine rings is 1. The number of aryl methyl sites for hydroxylation is 1. The minimum Gasteiger partial charge on any atom is -0.496 e.